The SMILES string of the molecule is FC(F)(F)c1cccc(NCn2nc(-c3ccccc3Br)oc2=S)c1. The van der Waals surface area contributed by atoms with E-state index in [4.69, 9.17) is 16.6 Å². The molecule has 0 bridgehead atoms. The van der Waals surface area contributed by atoms with Crippen molar-refractivity contribution in [1.29, 1.82) is 0 Å². The van der Waals surface area contributed by atoms with Gasteiger partial charge in [-0.05, 0) is 58.5 Å². The van der Waals surface area contributed by atoms with Crippen molar-refractivity contribution in [2.24, 2.45) is 0 Å². The summed E-state index contributed by atoms with van der Waals surface area (Å²) in [6, 6.07) is 12.2. The molecule has 2 aromatic carbocycles. The largest absolute Gasteiger partial charge is 0.416 e. The lowest BCUT2D eigenvalue weighted by Crippen LogP contribution is -2.11. The van der Waals surface area contributed by atoms with Gasteiger partial charge < -0.3 is 9.73 Å². The molecule has 0 saturated heterocycles. The van der Waals surface area contributed by atoms with Crippen LogP contribution in [0.5, 0.6) is 0 Å². The zero-order chi connectivity index (χ0) is 18.0. The lowest BCUT2D eigenvalue weighted by Gasteiger charge is -2.10. The maximum absolute atomic E-state index is 12.7. The Balaban J connectivity index is 1.79. The van der Waals surface area contributed by atoms with Gasteiger partial charge in [-0.1, -0.05) is 18.2 Å². The summed E-state index contributed by atoms with van der Waals surface area (Å²) in [5.74, 6) is 0.323. The number of benzene rings is 2. The summed E-state index contributed by atoms with van der Waals surface area (Å²) in [5, 5.41) is 7.11. The zero-order valence-corrected chi connectivity index (χ0v) is 15.0. The van der Waals surface area contributed by atoms with Crippen molar-refractivity contribution in [2.45, 2.75) is 12.8 Å². The third-order valence-corrected chi connectivity index (χ3v) is 4.32. The van der Waals surface area contributed by atoms with Crippen molar-refractivity contribution in [2.75, 3.05) is 5.32 Å². The van der Waals surface area contributed by atoms with Gasteiger partial charge >= 0.3 is 6.18 Å². The number of hydrogen-bond acceptors (Lipinski definition) is 4. The Morgan fingerprint density at radius 3 is 2.64 bits per heavy atom. The van der Waals surface area contributed by atoms with Gasteiger partial charge in [-0.15, -0.1) is 5.10 Å². The number of halogens is 4. The Labute approximate surface area is 154 Å². The van der Waals surface area contributed by atoms with Crippen LogP contribution in [0.4, 0.5) is 18.9 Å². The van der Waals surface area contributed by atoms with Crippen LogP contribution in [0.1, 0.15) is 5.56 Å². The number of hydrogen-bond donors (Lipinski definition) is 1. The molecule has 0 fully saturated rings. The van der Waals surface area contributed by atoms with Crippen molar-refractivity contribution in [3.8, 4) is 11.5 Å². The van der Waals surface area contributed by atoms with E-state index in [0.717, 1.165) is 22.2 Å². The number of alkyl halides is 3. The molecule has 0 aliphatic rings. The van der Waals surface area contributed by atoms with E-state index < -0.39 is 11.7 Å². The van der Waals surface area contributed by atoms with Gasteiger partial charge in [-0.3, -0.25) is 0 Å². The van der Waals surface area contributed by atoms with Gasteiger partial charge in [-0.25, -0.2) is 4.68 Å². The summed E-state index contributed by atoms with van der Waals surface area (Å²) >= 11 is 8.52. The van der Waals surface area contributed by atoms with Crippen LogP contribution in [0.2, 0.25) is 0 Å². The molecule has 0 aliphatic carbocycles. The Morgan fingerprint density at radius 2 is 1.92 bits per heavy atom. The summed E-state index contributed by atoms with van der Waals surface area (Å²) in [4.78, 5) is 0.116. The molecule has 1 aromatic heterocycles. The predicted molar refractivity (Wildman–Crippen MR) is 93.5 cm³/mol. The van der Waals surface area contributed by atoms with E-state index in [2.05, 4.69) is 26.3 Å². The molecular weight excluding hydrogens is 419 g/mol. The molecule has 3 aromatic rings. The van der Waals surface area contributed by atoms with E-state index in [1.807, 2.05) is 24.3 Å². The molecule has 130 valence electrons. The Kier molecular flexibility index (Phi) is 4.96. The average molecular weight is 430 g/mol. The minimum absolute atomic E-state index is 0.0775. The Bertz CT molecular complexity index is 952. The monoisotopic (exact) mass is 429 g/mol. The van der Waals surface area contributed by atoms with Crippen LogP contribution in [0.25, 0.3) is 11.5 Å². The van der Waals surface area contributed by atoms with Crippen LogP contribution in [-0.2, 0) is 12.8 Å². The second kappa shape index (κ2) is 7.01. The van der Waals surface area contributed by atoms with Gasteiger partial charge in [0, 0.05) is 10.2 Å². The fourth-order valence-corrected chi connectivity index (χ4v) is 2.76. The molecule has 0 saturated carbocycles. The third-order valence-electron chi connectivity index (χ3n) is 3.33. The molecule has 3 rings (SSSR count). The number of aromatic nitrogens is 2. The lowest BCUT2D eigenvalue weighted by atomic mass is 10.2. The quantitative estimate of drug-likeness (QED) is 0.538. The number of anilines is 1. The first-order valence-corrected chi connectivity index (χ1v) is 8.29. The van der Waals surface area contributed by atoms with Gasteiger partial charge in [0.2, 0.25) is 5.89 Å². The lowest BCUT2D eigenvalue weighted by molar-refractivity contribution is -0.137. The van der Waals surface area contributed by atoms with Crippen molar-refractivity contribution in [1.82, 2.24) is 9.78 Å². The van der Waals surface area contributed by atoms with E-state index in [9.17, 15) is 13.2 Å². The number of rotatable bonds is 4. The van der Waals surface area contributed by atoms with E-state index in [0.29, 0.717) is 11.6 Å². The molecule has 1 heterocycles. The molecule has 9 heteroatoms. The smallest absolute Gasteiger partial charge is 0.409 e. The first kappa shape index (κ1) is 17.7. The molecule has 0 spiro atoms. The standard InChI is InChI=1S/C16H11BrF3N3OS/c17-13-7-2-1-6-12(13)14-22-23(15(25)24-14)9-21-11-5-3-4-10(8-11)16(18,19)20/h1-8,21H,9H2. The fourth-order valence-electron chi connectivity index (χ4n) is 2.12. The van der Waals surface area contributed by atoms with Crippen LogP contribution in [0.3, 0.4) is 0 Å². The second-order valence-electron chi connectivity index (χ2n) is 5.07. The van der Waals surface area contributed by atoms with Crippen LogP contribution >= 0.6 is 28.1 Å². The van der Waals surface area contributed by atoms with Gasteiger partial charge in [-0.2, -0.15) is 13.2 Å². The Morgan fingerprint density at radius 1 is 1.16 bits per heavy atom. The van der Waals surface area contributed by atoms with E-state index in [-0.39, 0.29) is 11.5 Å². The highest BCUT2D eigenvalue weighted by molar-refractivity contribution is 9.10. The highest BCUT2D eigenvalue weighted by atomic mass is 79.9. The fraction of sp³-hybridized carbons (Fsp3) is 0.125. The maximum Gasteiger partial charge on any atom is 0.416 e. The molecule has 0 atom stereocenters. The van der Waals surface area contributed by atoms with E-state index >= 15 is 0 Å². The second-order valence-corrected chi connectivity index (χ2v) is 6.27. The zero-order valence-electron chi connectivity index (χ0n) is 12.5. The molecular formula is C16H11BrF3N3OS. The van der Waals surface area contributed by atoms with Crippen molar-refractivity contribution in [3.05, 3.63) is 63.4 Å². The van der Waals surface area contributed by atoms with Crippen LogP contribution < -0.4 is 5.32 Å². The van der Waals surface area contributed by atoms with E-state index in [1.165, 1.54) is 16.8 Å². The molecule has 1 N–H and O–H groups in total. The molecule has 0 amide bonds. The van der Waals surface area contributed by atoms with Gasteiger partial charge in [0.25, 0.3) is 4.84 Å². The normalized spacial score (nSPS) is 11.5. The number of nitrogens with zero attached hydrogens (tertiary/aromatic N) is 2. The third kappa shape index (κ3) is 4.10. The summed E-state index contributed by atoms with van der Waals surface area (Å²) < 4.78 is 45.9. The molecule has 0 radical (unpaired) electrons. The summed E-state index contributed by atoms with van der Waals surface area (Å²) in [6.45, 7) is 0.0775. The highest BCUT2D eigenvalue weighted by Gasteiger charge is 2.30. The number of nitrogens with one attached hydrogen (secondary N) is 1. The topological polar surface area (TPSA) is 43.0 Å². The average Bonchev–Trinajstić information content (AvgIpc) is 2.93. The summed E-state index contributed by atoms with van der Waals surface area (Å²) in [7, 11) is 0. The maximum atomic E-state index is 12.7. The molecule has 0 aliphatic heterocycles. The summed E-state index contributed by atoms with van der Waals surface area (Å²) in [5.41, 5.74) is 0.309. The highest BCUT2D eigenvalue weighted by Crippen LogP contribution is 2.31. The molecule has 25 heavy (non-hydrogen) atoms. The molecule has 0 unspecified atom stereocenters. The van der Waals surface area contributed by atoms with E-state index in [1.54, 1.807) is 0 Å². The van der Waals surface area contributed by atoms with Crippen molar-refractivity contribution < 1.29 is 17.6 Å². The van der Waals surface area contributed by atoms with Gasteiger partial charge in [0.05, 0.1) is 11.1 Å². The van der Waals surface area contributed by atoms with Crippen molar-refractivity contribution in [3.63, 3.8) is 0 Å². The van der Waals surface area contributed by atoms with Crippen LogP contribution in [0.15, 0.2) is 57.4 Å². The van der Waals surface area contributed by atoms with Gasteiger partial charge in [0.15, 0.2) is 0 Å². The Hall–Kier alpha value is -2.13. The minimum Gasteiger partial charge on any atom is -0.409 e. The summed E-state index contributed by atoms with van der Waals surface area (Å²) in [6.07, 6.45) is -4.39. The van der Waals surface area contributed by atoms with Crippen molar-refractivity contribution >= 4 is 33.8 Å². The van der Waals surface area contributed by atoms with Crippen LogP contribution in [-0.4, -0.2) is 9.78 Å². The molecule has 4 nitrogen and oxygen atoms in total. The first-order chi connectivity index (χ1) is 11.8. The minimum atomic E-state index is -4.39. The first-order valence-electron chi connectivity index (χ1n) is 7.08. The predicted octanol–water partition coefficient (Wildman–Crippen LogP) is 5.72. The van der Waals surface area contributed by atoms with Gasteiger partial charge in [0.1, 0.15) is 6.67 Å². The van der Waals surface area contributed by atoms with Crippen LogP contribution in [0, 0.1) is 4.84 Å².